The number of methoxy groups -OCH3 is 1. The number of hydrogen-bond donors (Lipinski definition) is 0. The molecule has 82 valence electrons. The van der Waals surface area contributed by atoms with Crippen LogP contribution in [0, 0.1) is 10.1 Å². The molecule has 0 aliphatic carbocycles. The highest BCUT2D eigenvalue weighted by Gasteiger charge is 2.29. The molecule has 0 saturated heterocycles. The van der Waals surface area contributed by atoms with Gasteiger partial charge in [0.1, 0.15) is 0 Å². The van der Waals surface area contributed by atoms with Crippen LogP contribution < -0.4 is 10.2 Å². The quantitative estimate of drug-likeness (QED) is 0.434. The molecule has 1 aromatic rings. The molecule has 5 nitrogen and oxygen atoms in total. The number of rotatable bonds is 3. The Hall–Kier alpha value is -1.80. The van der Waals surface area contributed by atoms with Crippen LogP contribution >= 0.6 is 0 Å². The summed E-state index contributed by atoms with van der Waals surface area (Å²) >= 11 is 0. The van der Waals surface area contributed by atoms with Crippen molar-refractivity contribution in [2.24, 2.45) is 0 Å². The standard InChI is InChI=1S/C6H5BF3N2O3/c1-15-6-5(12(13)14)2-4(3-11-6)7(8,9)10/h2-3H,1H3/q-1. The van der Waals surface area contributed by atoms with Gasteiger partial charge in [0.15, 0.2) is 0 Å². The number of ether oxygens (including phenoxy) is 1. The fraction of sp³-hybridized carbons (Fsp3) is 0.167. The smallest absolute Gasteiger partial charge is 0.476 e. The van der Waals surface area contributed by atoms with Crippen LogP contribution in [0.15, 0.2) is 12.3 Å². The lowest BCUT2D eigenvalue weighted by Crippen LogP contribution is -2.34. The Bertz CT molecular complexity index is 396. The lowest BCUT2D eigenvalue weighted by Gasteiger charge is -2.13. The minimum absolute atomic E-state index is 0.409. The number of aromatic nitrogens is 1. The summed E-state index contributed by atoms with van der Waals surface area (Å²) in [6.07, 6.45) is 0.506. The van der Waals surface area contributed by atoms with Gasteiger partial charge in [-0.05, 0) is 6.07 Å². The molecular weight excluding hydrogens is 216 g/mol. The van der Waals surface area contributed by atoms with E-state index in [0.717, 1.165) is 7.11 Å². The van der Waals surface area contributed by atoms with Crippen LogP contribution in [0.25, 0.3) is 0 Å². The molecule has 0 spiro atoms. The predicted octanol–water partition coefficient (Wildman–Crippen LogP) is 1.05. The fourth-order valence-corrected chi connectivity index (χ4v) is 0.923. The number of hydrogen-bond acceptors (Lipinski definition) is 4. The summed E-state index contributed by atoms with van der Waals surface area (Å²) < 4.78 is 41.1. The van der Waals surface area contributed by atoms with Crippen molar-refractivity contribution in [2.45, 2.75) is 0 Å². The molecule has 0 bridgehead atoms. The molecule has 0 N–H and O–H groups in total. The van der Waals surface area contributed by atoms with E-state index < -0.39 is 28.9 Å². The van der Waals surface area contributed by atoms with E-state index in [9.17, 15) is 23.1 Å². The van der Waals surface area contributed by atoms with Crippen molar-refractivity contribution in [3.05, 3.63) is 22.4 Å². The zero-order valence-electron chi connectivity index (χ0n) is 7.49. The summed E-state index contributed by atoms with van der Waals surface area (Å²) in [5.74, 6) is -0.441. The van der Waals surface area contributed by atoms with Crippen molar-refractivity contribution < 1.29 is 22.6 Å². The summed E-state index contributed by atoms with van der Waals surface area (Å²) in [7, 11) is 1.09. The van der Waals surface area contributed by atoms with Crippen LogP contribution in [0.4, 0.5) is 18.6 Å². The molecule has 0 amide bonds. The lowest BCUT2D eigenvalue weighted by atomic mass is 9.81. The Morgan fingerprint density at radius 1 is 1.53 bits per heavy atom. The molecule has 0 atom stereocenters. The van der Waals surface area contributed by atoms with E-state index in [1.165, 1.54) is 0 Å². The Balaban J connectivity index is 3.28. The summed E-state index contributed by atoms with van der Waals surface area (Å²) in [4.78, 5) is 12.6. The number of pyridine rings is 1. The maximum Gasteiger partial charge on any atom is 0.511 e. The van der Waals surface area contributed by atoms with Gasteiger partial charge in [0, 0.05) is 6.20 Å². The van der Waals surface area contributed by atoms with E-state index in [-0.39, 0.29) is 0 Å². The second kappa shape index (κ2) is 3.75. The third-order valence-corrected chi connectivity index (χ3v) is 1.62. The summed E-state index contributed by atoms with van der Waals surface area (Å²) in [6, 6.07) is 0.409. The Labute approximate surface area is 82.1 Å². The minimum atomic E-state index is -5.30. The number of nitro groups is 1. The molecule has 1 aromatic heterocycles. The van der Waals surface area contributed by atoms with Crippen LogP contribution in [-0.2, 0) is 0 Å². The van der Waals surface area contributed by atoms with Crippen molar-refractivity contribution in [1.82, 2.24) is 4.98 Å². The van der Waals surface area contributed by atoms with Crippen molar-refractivity contribution in [3.63, 3.8) is 0 Å². The first-order chi connectivity index (χ1) is 6.86. The van der Waals surface area contributed by atoms with Crippen molar-refractivity contribution in [1.29, 1.82) is 0 Å². The second-order valence-electron chi connectivity index (χ2n) is 2.63. The van der Waals surface area contributed by atoms with Gasteiger partial charge in [-0.25, -0.2) is 4.98 Å². The Morgan fingerprint density at radius 2 is 2.13 bits per heavy atom. The molecule has 0 aromatic carbocycles. The third-order valence-electron chi connectivity index (χ3n) is 1.62. The first-order valence-electron chi connectivity index (χ1n) is 3.74. The first-order valence-corrected chi connectivity index (χ1v) is 3.74. The van der Waals surface area contributed by atoms with Gasteiger partial charge in [-0.2, -0.15) is 0 Å². The fourth-order valence-electron chi connectivity index (χ4n) is 0.923. The van der Waals surface area contributed by atoms with Crippen molar-refractivity contribution in [3.8, 4) is 5.88 Å². The average molecular weight is 221 g/mol. The highest BCUT2D eigenvalue weighted by atomic mass is 19.4. The van der Waals surface area contributed by atoms with E-state index in [1.54, 1.807) is 0 Å². The topological polar surface area (TPSA) is 65.3 Å². The lowest BCUT2D eigenvalue weighted by molar-refractivity contribution is -0.386. The molecular formula is C6H5BF3N2O3-. The van der Waals surface area contributed by atoms with E-state index in [2.05, 4.69) is 9.72 Å². The monoisotopic (exact) mass is 221 g/mol. The molecule has 9 heteroatoms. The molecule has 1 rings (SSSR count). The Kier molecular flexibility index (Phi) is 2.82. The molecule has 1 heterocycles. The number of nitrogens with zero attached hydrogens (tertiary/aromatic N) is 2. The molecule has 0 saturated carbocycles. The molecule has 0 aliphatic heterocycles. The van der Waals surface area contributed by atoms with Crippen LogP contribution in [0.1, 0.15) is 0 Å². The third kappa shape index (κ3) is 2.36. The minimum Gasteiger partial charge on any atom is -0.476 e. The van der Waals surface area contributed by atoms with Crippen LogP contribution in [0.3, 0.4) is 0 Å². The summed E-state index contributed by atoms with van der Waals surface area (Å²) in [5, 5.41) is 10.4. The van der Waals surface area contributed by atoms with Gasteiger partial charge in [0.2, 0.25) is 0 Å². The first kappa shape index (κ1) is 11.3. The van der Waals surface area contributed by atoms with Gasteiger partial charge >= 0.3 is 12.7 Å². The average Bonchev–Trinajstić information content (AvgIpc) is 2.15. The van der Waals surface area contributed by atoms with Gasteiger partial charge in [-0.15, -0.1) is 0 Å². The normalized spacial score (nSPS) is 11.2. The second-order valence-corrected chi connectivity index (χ2v) is 2.63. The van der Waals surface area contributed by atoms with Crippen LogP contribution in [-0.4, -0.2) is 24.0 Å². The van der Waals surface area contributed by atoms with E-state index >= 15 is 0 Å². The summed E-state index contributed by atoms with van der Waals surface area (Å²) in [5.41, 5.74) is -1.92. The van der Waals surface area contributed by atoms with Crippen LogP contribution in [0.2, 0.25) is 0 Å². The summed E-state index contributed by atoms with van der Waals surface area (Å²) in [6.45, 7) is -5.30. The zero-order valence-corrected chi connectivity index (χ0v) is 7.49. The highest BCUT2D eigenvalue weighted by Crippen LogP contribution is 2.23. The Morgan fingerprint density at radius 3 is 2.53 bits per heavy atom. The van der Waals surface area contributed by atoms with Gasteiger partial charge in [0.25, 0.3) is 5.88 Å². The molecule has 0 fully saturated rings. The van der Waals surface area contributed by atoms with Gasteiger partial charge in [-0.3, -0.25) is 10.1 Å². The van der Waals surface area contributed by atoms with Crippen LogP contribution in [0.5, 0.6) is 5.88 Å². The largest absolute Gasteiger partial charge is 0.511 e. The van der Waals surface area contributed by atoms with E-state index in [1.807, 2.05) is 0 Å². The maximum atomic E-state index is 12.2. The molecule has 15 heavy (non-hydrogen) atoms. The highest BCUT2D eigenvalue weighted by molar-refractivity contribution is 6.73. The van der Waals surface area contributed by atoms with Crippen molar-refractivity contribution >= 4 is 18.1 Å². The van der Waals surface area contributed by atoms with Crippen molar-refractivity contribution in [2.75, 3.05) is 7.11 Å². The van der Waals surface area contributed by atoms with Gasteiger partial charge in [0.05, 0.1) is 12.0 Å². The van der Waals surface area contributed by atoms with E-state index in [0.29, 0.717) is 12.3 Å². The van der Waals surface area contributed by atoms with Gasteiger partial charge in [-0.1, -0.05) is 5.46 Å². The molecule has 0 aliphatic rings. The SMILES string of the molecule is COc1ncc([B-](F)(F)F)cc1[N+](=O)[O-]. The zero-order chi connectivity index (χ0) is 11.6. The van der Waals surface area contributed by atoms with Gasteiger partial charge < -0.3 is 17.7 Å². The molecule has 0 radical (unpaired) electrons. The predicted molar refractivity (Wildman–Crippen MR) is 46.2 cm³/mol. The maximum absolute atomic E-state index is 12.2. The molecule has 0 unspecified atom stereocenters. The van der Waals surface area contributed by atoms with E-state index in [4.69, 9.17) is 0 Å². The number of halogens is 3.